The van der Waals surface area contributed by atoms with Gasteiger partial charge >= 0.3 is 0 Å². The maximum absolute atomic E-state index is 6.00. The van der Waals surface area contributed by atoms with E-state index in [1.54, 1.807) is 0 Å². The molecule has 1 N–H and O–H groups in total. The van der Waals surface area contributed by atoms with Gasteiger partial charge in [0.15, 0.2) is 0 Å². The zero-order valence-corrected chi connectivity index (χ0v) is 20.0. The number of nitrogens with zero attached hydrogens (tertiary/aromatic N) is 2. The normalized spacial score (nSPS) is 14.4. The van der Waals surface area contributed by atoms with Gasteiger partial charge in [0.05, 0.1) is 5.69 Å². The Balaban J connectivity index is 1.36. The van der Waals surface area contributed by atoms with E-state index in [2.05, 4.69) is 40.0 Å². The molecule has 0 amide bonds. The lowest BCUT2D eigenvalue weighted by atomic mass is 9.99. The number of pyridine rings is 1. The summed E-state index contributed by atoms with van der Waals surface area (Å²) in [5.41, 5.74) is 4.61. The molecule has 0 radical (unpaired) electrons. The summed E-state index contributed by atoms with van der Waals surface area (Å²) in [5.74, 6) is 8.13. The number of hydrogen-bond acceptors (Lipinski definition) is 4. The SMILES string of the molecule is CNc1cc(-c2ccc(Cl)cc2)cnc1C#Cc1ccc(OCCN2CCC(C)CC2)cc1. The molecular weight excluding hydrogens is 430 g/mol. The molecule has 0 spiro atoms. The highest BCUT2D eigenvalue weighted by molar-refractivity contribution is 6.30. The van der Waals surface area contributed by atoms with Crippen LogP contribution in [0.5, 0.6) is 5.75 Å². The van der Waals surface area contributed by atoms with Gasteiger partial charge in [-0.15, -0.1) is 0 Å². The number of halogens is 1. The number of likely N-dealkylation sites (tertiary alicyclic amines) is 1. The van der Waals surface area contributed by atoms with Crippen LogP contribution in [-0.2, 0) is 0 Å². The van der Waals surface area contributed by atoms with Crippen molar-refractivity contribution in [3.8, 4) is 28.7 Å². The zero-order chi connectivity index (χ0) is 23.0. The minimum absolute atomic E-state index is 0.714. The maximum atomic E-state index is 6.00. The van der Waals surface area contributed by atoms with E-state index in [4.69, 9.17) is 16.3 Å². The standard InChI is InChI=1S/C28H30ClN3O/c1-21-13-15-32(16-14-21)17-18-33-26-10-3-22(4-11-26)5-12-27-28(30-2)19-24(20-31-27)23-6-8-25(29)9-7-23/h3-4,6-11,19-21,30H,13-18H2,1-2H3. The molecule has 1 fully saturated rings. The van der Waals surface area contributed by atoms with Crippen molar-refractivity contribution >= 4 is 17.3 Å². The van der Waals surface area contributed by atoms with Crippen LogP contribution in [0.4, 0.5) is 5.69 Å². The molecular formula is C28H30ClN3O. The summed E-state index contributed by atoms with van der Waals surface area (Å²) in [6.07, 6.45) is 4.43. The highest BCUT2D eigenvalue weighted by Gasteiger charge is 2.15. The Morgan fingerprint density at radius 3 is 2.45 bits per heavy atom. The van der Waals surface area contributed by atoms with E-state index in [1.807, 2.05) is 61.8 Å². The summed E-state index contributed by atoms with van der Waals surface area (Å²) in [6.45, 7) is 6.41. The molecule has 5 heteroatoms. The van der Waals surface area contributed by atoms with E-state index in [0.717, 1.165) is 52.2 Å². The molecule has 0 atom stereocenters. The van der Waals surface area contributed by atoms with Gasteiger partial charge in [-0.3, -0.25) is 4.90 Å². The maximum Gasteiger partial charge on any atom is 0.136 e. The lowest BCUT2D eigenvalue weighted by molar-refractivity contribution is 0.160. The van der Waals surface area contributed by atoms with Crippen LogP contribution in [0.1, 0.15) is 31.0 Å². The Morgan fingerprint density at radius 2 is 1.76 bits per heavy atom. The predicted molar refractivity (Wildman–Crippen MR) is 137 cm³/mol. The van der Waals surface area contributed by atoms with Crippen molar-refractivity contribution in [1.29, 1.82) is 0 Å². The first kappa shape index (κ1) is 23.2. The van der Waals surface area contributed by atoms with Crippen LogP contribution < -0.4 is 10.1 Å². The average molecular weight is 460 g/mol. The molecule has 170 valence electrons. The van der Waals surface area contributed by atoms with E-state index in [9.17, 15) is 0 Å². The Morgan fingerprint density at radius 1 is 1.03 bits per heavy atom. The second-order valence-electron chi connectivity index (χ2n) is 8.52. The Bertz CT molecular complexity index is 1110. The number of rotatable bonds is 6. The monoisotopic (exact) mass is 459 g/mol. The third-order valence-corrected chi connectivity index (χ3v) is 6.32. The summed E-state index contributed by atoms with van der Waals surface area (Å²) >= 11 is 6.00. The first-order chi connectivity index (χ1) is 16.1. The van der Waals surface area contributed by atoms with E-state index in [0.29, 0.717) is 5.69 Å². The molecule has 4 rings (SSSR count). The number of benzene rings is 2. The van der Waals surface area contributed by atoms with Crippen LogP contribution in [-0.4, -0.2) is 43.2 Å². The van der Waals surface area contributed by atoms with Crippen molar-refractivity contribution in [2.24, 2.45) is 5.92 Å². The molecule has 4 nitrogen and oxygen atoms in total. The Kier molecular flexibility index (Phi) is 7.88. The molecule has 1 aromatic heterocycles. The van der Waals surface area contributed by atoms with Crippen molar-refractivity contribution in [2.45, 2.75) is 19.8 Å². The predicted octanol–water partition coefficient (Wildman–Crippen LogP) is 5.95. The molecule has 2 heterocycles. The van der Waals surface area contributed by atoms with Crippen LogP contribution >= 0.6 is 11.6 Å². The van der Waals surface area contributed by atoms with E-state index < -0.39 is 0 Å². The Hall–Kier alpha value is -3.00. The molecule has 2 aromatic carbocycles. The van der Waals surface area contributed by atoms with Crippen LogP contribution in [0, 0.1) is 17.8 Å². The molecule has 3 aromatic rings. The number of piperidine rings is 1. The van der Waals surface area contributed by atoms with Gasteiger partial charge in [-0.1, -0.05) is 36.6 Å². The Labute approximate surface area is 201 Å². The van der Waals surface area contributed by atoms with Gasteiger partial charge in [0, 0.05) is 35.9 Å². The van der Waals surface area contributed by atoms with E-state index >= 15 is 0 Å². The van der Waals surface area contributed by atoms with Crippen molar-refractivity contribution in [1.82, 2.24) is 9.88 Å². The molecule has 33 heavy (non-hydrogen) atoms. The van der Waals surface area contributed by atoms with E-state index in [1.165, 1.54) is 25.9 Å². The van der Waals surface area contributed by atoms with Crippen LogP contribution in [0.25, 0.3) is 11.1 Å². The van der Waals surface area contributed by atoms with Crippen LogP contribution in [0.3, 0.4) is 0 Å². The molecule has 1 saturated heterocycles. The quantitative estimate of drug-likeness (QED) is 0.462. The molecule has 1 aliphatic heterocycles. The first-order valence-electron chi connectivity index (χ1n) is 11.5. The minimum Gasteiger partial charge on any atom is -0.492 e. The van der Waals surface area contributed by atoms with E-state index in [-0.39, 0.29) is 0 Å². The van der Waals surface area contributed by atoms with Crippen molar-refractivity contribution < 1.29 is 4.74 Å². The fraction of sp³-hybridized carbons (Fsp3) is 0.321. The van der Waals surface area contributed by atoms with Gasteiger partial charge in [-0.25, -0.2) is 4.98 Å². The lowest BCUT2D eigenvalue weighted by Crippen LogP contribution is -2.35. The fourth-order valence-electron chi connectivity index (χ4n) is 3.90. The number of ether oxygens (including phenoxy) is 1. The number of anilines is 1. The molecule has 0 bridgehead atoms. The molecule has 0 saturated carbocycles. The molecule has 1 aliphatic rings. The highest BCUT2D eigenvalue weighted by atomic mass is 35.5. The summed E-state index contributed by atoms with van der Waals surface area (Å²) in [7, 11) is 1.88. The van der Waals surface area contributed by atoms with Crippen molar-refractivity contribution in [3.63, 3.8) is 0 Å². The third kappa shape index (κ3) is 6.51. The summed E-state index contributed by atoms with van der Waals surface area (Å²) in [6, 6.07) is 17.7. The fourth-order valence-corrected chi connectivity index (χ4v) is 4.03. The topological polar surface area (TPSA) is 37.4 Å². The number of nitrogens with one attached hydrogen (secondary N) is 1. The number of hydrogen-bond donors (Lipinski definition) is 1. The zero-order valence-electron chi connectivity index (χ0n) is 19.3. The molecule has 0 unspecified atom stereocenters. The van der Waals surface area contributed by atoms with Crippen LogP contribution in [0.2, 0.25) is 5.02 Å². The second kappa shape index (κ2) is 11.2. The first-order valence-corrected chi connectivity index (χ1v) is 11.9. The number of aromatic nitrogens is 1. The summed E-state index contributed by atoms with van der Waals surface area (Å²) < 4.78 is 5.93. The van der Waals surface area contributed by atoms with Gasteiger partial charge in [-0.05, 0) is 85.8 Å². The second-order valence-corrected chi connectivity index (χ2v) is 8.96. The van der Waals surface area contributed by atoms with Gasteiger partial charge < -0.3 is 10.1 Å². The summed E-state index contributed by atoms with van der Waals surface area (Å²) in [5, 5.41) is 3.92. The third-order valence-electron chi connectivity index (χ3n) is 6.07. The smallest absolute Gasteiger partial charge is 0.136 e. The minimum atomic E-state index is 0.714. The summed E-state index contributed by atoms with van der Waals surface area (Å²) in [4.78, 5) is 7.06. The van der Waals surface area contributed by atoms with Gasteiger partial charge in [0.2, 0.25) is 0 Å². The van der Waals surface area contributed by atoms with Gasteiger partial charge in [0.1, 0.15) is 18.1 Å². The largest absolute Gasteiger partial charge is 0.492 e. The van der Waals surface area contributed by atoms with Gasteiger partial charge in [-0.2, -0.15) is 0 Å². The van der Waals surface area contributed by atoms with Crippen molar-refractivity contribution in [2.75, 3.05) is 38.6 Å². The molecule has 0 aliphatic carbocycles. The lowest BCUT2D eigenvalue weighted by Gasteiger charge is -2.29. The van der Waals surface area contributed by atoms with Crippen molar-refractivity contribution in [3.05, 3.63) is 77.1 Å². The van der Waals surface area contributed by atoms with Crippen LogP contribution in [0.15, 0.2) is 60.8 Å². The average Bonchev–Trinajstić information content (AvgIpc) is 2.85. The highest BCUT2D eigenvalue weighted by Crippen LogP contribution is 2.25. The van der Waals surface area contributed by atoms with Gasteiger partial charge in [0.25, 0.3) is 0 Å².